The van der Waals surface area contributed by atoms with E-state index in [1.165, 1.54) is 64.2 Å². The number of hydrogen-bond donors (Lipinski definition) is 1. The molecule has 0 atom stereocenters. The van der Waals surface area contributed by atoms with Gasteiger partial charge in [0, 0.05) is 6.04 Å². The largest absolute Gasteiger partial charge is 0.356 e. The van der Waals surface area contributed by atoms with Crippen LogP contribution in [-0.2, 0) is 4.74 Å². The van der Waals surface area contributed by atoms with Gasteiger partial charge in [-0.25, -0.2) is 0 Å². The number of rotatable bonds is 5. The van der Waals surface area contributed by atoms with Crippen LogP contribution in [0.3, 0.4) is 0 Å². The van der Waals surface area contributed by atoms with Crippen LogP contribution < -0.4 is 5.32 Å². The molecule has 2 aliphatic carbocycles. The van der Waals surface area contributed by atoms with Crippen molar-refractivity contribution < 1.29 is 4.74 Å². The van der Waals surface area contributed by atoms with Gasteiger partial charge >= 0.3 is 0 Å². The average Bonchev–Trinajstić information content (AvgIpc) is 2.39. The summed E-state index contributed by atoms with van der Waals surface area (Å²) in [6.07, 6.45) is 13.2. The predicted octanol–water partition coefficient (Wildman–Crippen LogP) is 4.16. The Morgan fingerprint density at radius 2 is 1.72 bits per heavy atom. The quantitative estimate of drug-likeness (QED) is 0.585. The zero-order valence-electron chi connectivity index (χ0n) is 12.0. The maximum Gasteiger partial charge on any atom is 0.119 e. The smallest absolute Gasteiger partial charge is 0.119 e. The van der Waals surface area contributed by atoms with E-state index in [1.54, 1.807) is 0 Å². The van der Waals surface area contributed by atoms with E-state index in [9.17, 15) is 0 Å². The van der Waals surface area contributed by atoms with Gasteiger partial charge in [0.05, 0.1) is 6.61 Å². The van der Waals surface area contributed by atoms with Crippen LogP contribution >= 0.6 is 0 Å². The molecule has 0 bridgehead atoms. The molecule has 0 heterocycles. The molecule has 2 rings (SSSR count). The lowest BCUT2D eigenvalue weighted by molar-refractivity contribution is -0.0946. The molecule has 1 N–H and O–H groups in total. The average molecular weight is 251 g/mol. The first kappa shape index (κ1) is 14.1. The molecular formula is C16H29NO. The van der Waals surface area contributed by atoms with Crippen LogP contribution in [0.4, 0.5) is 0 Å². The van der Waals surface area contributed by atoms with Crippen molar-refractivity contribution in [3.05, 3.63) is 12.2 Å². The molecule has 0 radical (unpaired) electrons. The summed E-state index contributed by atoms with van der Waals surface area (Å²) in [7, 11) is 0. The monoisotopic (exact) mass is 251 g/mol. The van der Waals surface area contributed by atoms with E-state index in [0.717, 1.165) is 5.57 Å². The molecule has 2 fully saturated rings. The lowest BCUT2D eigenvalue weighted by Crippen LogP contribution is -2.54. The Morgan fingerprint density at radius 1 is 1.11 bits per heavy atom. The summed E-state index contributed by atoms with van der Waals surface area (Å²) in [5.74, 6) is 0. The Balaban J connectivity index is 1.91. The van der Waals surface area contributed by atoms with Crippen LogP contribution in [0.5, 0.6) is 0 Å². The summed E-state index contributed by atoms with van der Waals surface area (Å²) in [5, 5.41) is 3.86. The Hall–Kier alpha value is -0.340. The number of nitrogens with one attached hydrogen (secondary N) is 1. The number of hydrogen-bond acceptors (Lipinski definition) is 2. The van der Waals surface area contributed by atoms with Crippen molar-refractivity contribution in [3.8, 4) is 0 Å². The van der Waals surface area contributed by atoms with Crippen LogP contribution in [0.15, 0.2) is 12.2 Å². The fourth-order valence-corrected chi connectivity index (χ4v) is 3.33. The highest BCUT2D eigenvalue weighted by Gasteiger charge is 2.35. The van der Waals surface area contributed by atoms with Gasteiger partial charge < -0.3 is 4.74 Å². The van der Waals surface area contributed by atoms with Gasteiger partial charge in [0.25, 0.3) is 0 Å². The molecule has 2 heteroatoms. The highest BCUT2D eigenvalue weighted by molar-refractivity contribution is 4.92. The Labute approximate surface area is 112 Å². The van der Waals surface area contributed by atoms with E-state index >= 15 is 0 Å². The Bertz CT molecular complexity index is 262. The zero-order valence-corrected chi connectivity index (χ0v) is 12.0. The van der Waals surface area contributed by atoms with Gasteiger partial charge in [0.15, 0.2) is 0 Å². The normalized spacial score (nSPS) is 24.9. The van der Waals surface area contributed by atoms with E-state index in [2.05, 4.69) is 18.8 Å². The fraction of sp³-hybridized carbons (Fsp3) is 0.875. The fourth-order valence-electron chi connectivity index (χ4n) is 3.33. The van der Waals surface area contributed by atoms with Crippen molar-refractivity contribution in [3.63, 3.8) is 0 Å². The maximum absolute atomic E-state index is 6.22. The second kappa shape index (κ2) is 6.72. The van der Waals surface area contributed by atoms with Gasteiger partial charge in [-0.05, 0) is 45.4 Å². The summed E-state index contributed by atoms with van der Waals surface area (Å²) < 4.78 is 6.22. The van der Waals surface area contributed by atoms with E-state index in [1.807, 2.05) is 0 Å². The maximum atomic E-state index is 6.22. The molecule has 0 amide bonds. The van der Waals surface area contributed by atoms with Crippen molar-refractivity contribution >= 4 is 0 Å². The first-order valence-electron chi connectivity index (χ1n) is 7.76. The molecule has 0 aromatic heterocycles. The van der Waals surface area contributed by atoms with Gasteiger partial charge in [0.1, 0.15) is 5.72 Å². The minimum atomic E-state index is -0.0425. The van der Waals surface area contributed by atoms with E-state index in [-0.39, 0.29) is 5.72 Å². The molecule has 0 spiro atoms. The minimum Gasteiger partial charge on any atom is -0.356 e. The Morgan fingerprint density at radius 3 is 2.33 bits per heavy atom. The minimum absolute atomic E-state index is 0.0425. The van der Waals surface area contributed by atoms with Gasteiger partial charge in [-0.3, -0.25) is 5.32 Å². The molecule has 18 heavy (non-hydrogen) atoms. The predicted molar refractivity (Wildman–Crippen MR) is 76.6 cm³/mol. The van der Waals surface area contributed by atoms with Crippen LogP contribution in [0.1, 0.15) is 71.1 Å². The molecule has 0 aliphatic heterocycles. The molecular weight excluding hydrogens is 222 g/mol. The van der Waals surface area contributed by atoms with Gasteiger partial charge in [-0.2, -0.15) is 0 Å². The lowest BCUT2D eigenvalue weighted by Gasteiger charge is -2.42. The molecule has 0 aromatic rings. The Kier molecular flexibility index (Phi) is 5.25. The SMILES string of the molecule is C=C(C)COC1(NC2CCCCC2)CCCCC1. The molecule has 2 aliphatic rings. The van der Waals surface area contributed by atoms with E-state index in [4.69, 9.17) is 4.74 Å². The summed E-state index contributed by atoms with van der Waals surface area (Å²) in [6.45, 7) is 6.73. The molecule has 2 saturated carbocycles. The lowest BCUT2D eigenvalue weighted by atomic mass is 9.88. The van der Waals surface area contributed by atoms with Gasteiger partial charge in [0.2, 0.25) is 0 Å². The highest BCUT2D eigenvalue weighted by Crippen LogP contribution is 2.32. The van der Waals surface area contributed by atoms with Gasteiger partial charge in [-0.15, -0.1) is 0 Å². The van der Waals surface area contributed by atoms with Crippen molar-refractivity contribution in [2.75, 3.05) is 6.61 Å². The first-order chi connectivity index (χ1) is 8.70. The molecule has 104 valence electrons. The first-order valence-corrected chi connectivity index (χ1v) is 7.76. The van der Waals surface area contributed by atoms with Crippen LogP contribution in [0.25, 0.3) is 0 Å². The molecule has 2 nitrogen and oxygen atoms in total. The summed E-state index contributed by atoms with van der Waals surface area (Å²) in [4.78, 5) is 0. The van der Waals surface area contributed by atoms with Crippen molar-refractivity contribution in [2.45, 2.75) is 82.9 Å². The topological polar surface area (TPSA) is 21.3 Å². The third-order valence-electron chi connectivity index (χ3n) is 4.33. The number of ether oxygens (including phenoxy) is 1. The van der Waals surface area contributed by atoms with Crippen LogP contribution in [-0.4, -0.2) is 18.4 Å². The third kappa shape index (κ3) is 4.10. The van der Waals surface area contributed by atoms with Gasteiger partial charge in [-0.1, -0.05) is 37.8 Å². The van der Waals surface area contributed by atoms with Crippen molar-refractivity contribution in [2.24, 2.45) is 0 Å². The van der Waals surface area contributed by atoms with E-state index in [0.29, 0.717) is 12.6 Å². The summed E-state index contributed by atoms with van der Waals surface area (Å²) in [6, 6.07) is 0.682. The van der Waals surface area contributed by atoms with E-state index < -0.39 is 0 Å². The highest BCUT2D eigenvalue weighted by atomic mass is 16.5. The molecule has 0 unspecified atom stereocenters. The zero-order chi connectivity index (χ0) is 12.8. The third-order valence-corrected chi connectivity index (χ3v) is 4.33. The summed E-state index contributed by atoms with van der Waals surface area (Å²) in [5.41, 5.74) is 1.09. The van der Waals surface area contributed by atoms with Crippen molar-refractivity contribution in [1.82, 2.24) is 5.32 Å². The second-order valence-electron chi connectivity index (χ2n) is 6.28. The molecule has 0 aromatic carbocycles. The van der Waals surface area contributed by atoms with Crippen LogP contribution in [0.2, 0.25) is 0 Å². The van der Waals surface area contributed by atoms with Crippen LogP contribution in [0, 0.1) is 0 Å². The summed E-state index contributed by atoms with van der Waals surface area (Å²) >= 11 is 0. The standard InChI is InChI=1S/C16H29NO/c1-14(2)13-18-16(11-7-4-8-12-16)17-15-9-5-3-6-10-15/h15,17H,1,3-13H2,2H3. The second-order valence-corrected chi connectivity index (χ2v) is 6.28. The molecule has 0 saturated heterocycles. The van der Waals surface area contributed by atoms with Crippen molar-refractivity contribution in [1.29, 1.82) is 0 Å².